The average Bonchev–Trinajstić information content (AvgIpc) is 3.07. The maximum Gasteiger partial charge on any atom is 0.348 e. The second-order valence-electron chi connectivity index (χ2n) is 9.23. The minimum Gasteiger partial charge on any atom is -0.462 e. The van der Waals surface area contributed by atoms with E-state index in [4.69, 9.17) is 4.74 Å². The van der Waals surface area contributed by atoms with E-state index in [2.05, 4.69) is 59.8 Å². The summed E-state index contributed by atoms with van der Waals surface area (Å²) in [4.78, 5) is 13.7. The molecule has 0 amide bonds. The van der Waals surface area contributed by atoms with Gasteiger partial charge in [0.05, 0.1) is 6.61 Å². The van der Waals surface area contributed by atoms with E-state index in [0.717, 1.165) is 4.88 Å². The molecule has 1 heterocycles. The van der Waals surface area contributed by atoms with Crippen LogP contribution in [0.5, 0.6) is 0 Å². The Morgan fingerprint density at radius 3 is 2.32 bits per heavy atom. The summed E-state index contributed by atoms with van der Waals surface area (Å²) >= 11 is 1.49. The van der Waals surface area contributed by atoms with Gasteiger partial charge in [0.2, 0.25) is 0 Å². The second kappa shape index (κ2) is 7.51. The third-order valence-electron chi connectivity index (χ3n) is 6.08. The number of benzene rings is 1. The maximum atomic E-state index is 11.9. The first-order valence-electron chi connectivity index (χ1n) is 10.2. The van der Waals surface area contributed by atoms with Gasteiger partial charge in [-0.2, -0.15) is 0 Å². The van der Waals surface area contributed by atoms with Crippen LogP contribution in [0.2, 0.25) is 0 Å². The molecule has 0 N–H and O–H groups in total. The molecule has 0 saturated heterocycles. The fourth-order valence-corrected chi connectivity index (χ4v) is 5.08. The minimum atomic E-state index is -0.237. The molecule has 1 aromatic heterocycles. The lowest BCUT2D eigenvalue weighted by atomic mass is 9.62. The molecule has 0 bridgehead atoms. The Morgan fingerprint density at radius 1 is 1.11 bits per heavy atom. The van der Waals surface area contributed by atoms with Gasteiger partial charge in [-0.1, -0.05) is 39.8 Å². The summed E-state index contributed by atoms with van der Waals surface area (Å²) in [5, 5.41) is 0. The fraction of sp³-hybridized carbons (Fsp3) is 0.480. The van der Waals surface area contributed by atoms with E-state index in [-0.39, 0.29) is 16.8 Å². The quantitative estimate of drug-likeness (QED) is 0.513. The van der Waals surface area contributed by atoms with Gasteiger partial charge in [0.15, 0.2) is 0 Å². The molecule has 0 saturated carbocycles. The van der Waals surface area contributed by atoms with Crippen LogP contribution in [0.25, 0.3) is 11.6 Å². The molecule has 3 rings (SSSR count). The predicted octanol–water partition coefficient (Wildman–Crippen LogP) is 7.14. The molecule has 0 atom stereocenters. The zero-order valence-electron chi connectivity index (χ0n) is 18.2. The first-order chi connectivity index (χ1) is 13.0. The van der Waals surface area contributed by atoms with Crippen molar-refractivity contribution in [1.29, 1.82) is 0 Å². The van der Waals surface area contributed by atoms with E-state index >= 15 is 0 Å². The zero-order chi connectivity index (χ0) is 20.7. The molecule has 150 valence electrons. The van der Waals surface area contributed by atoms with Gasteiger partial charge in [-0.25, -0.2) is 4.79 Å². The van der Waals surface area contributed by atoms with Crippen LogP contribution in [0.15, 0.2) is 24.3 Å². The molecule has 0 aliphatic heterocycles. The number of rotatable bonds is 4. The molecule has 2 aromatic rings. The second-order valence-corrected chi connectivity index (χ2v) is 10.3. The van der Waals surface area contributed by atoms with Gasteiger partial charge >= 0.3 is 5.97 Å². The summed E-state index contributed by atoms with van der Waals surface area (Å²) in [6.45, 7) is 16.1. The van der Waals surface area contributed by atoms with Gasteiger partial charge < -0.3 is 4.74 Å². The molecular weight excluding hydrogens is 364 g/mol. The SMILES string of the molecule is CCOC(=O)c1ccc(/C=C(\C)c2cc3c(cc2C)C(C)(C)CCC3(C)C)s1. The van der Waals surface area contributed by atoms with Crippen LogP contribution in [0.4, 0.5) is 0 Å². The maximum absolute atomic E-state index is 11.9. The summed E-state index contributed by atoms with van der Waals surface area (Å²) in [7, 11) is 0. The molecule has 3 heteroatoms. The van der Waals surface area contributed by atoms with Crippen molar-refractivity contribution in [3.05, 3.63) is 56.3 Å². The number of hydrogen-bond acceptors (Lipinski definition) is 3. The Morgan fingerprint density at radius 2 is 1.71 bits per heavy atom. The Bertz CT molecular complexity index is 928. The standard InChI is InChI=1S/C25H32O2S/c1-8-27-23(26)22-10-9-18(28-22)13-16(2)19-15-21-20(14-17(19)3)24(4,5)11-12-25(21,6)7/h9-10,13-15H,8,11-12H2,1-7H3/b16-13+. The summed E-state index contributed by atoms with van der Waals surface area (Å²) in [5.41, 5.74) is 7.27. The van der Waals surface area contributed by atoms with E-state index in [1.54, 1.807) is 0 Å². The van der Waals surface area contributed by atoms with Gasteiger partial charge in [-0.15, -0.1) is 11.3 Å². The number of carbonyl (C=O) groups is 1. The largest absolute Gasteiger partial charge is 0.462 e. The van der Waals surface area contributed by atoms with E-state index in [0.29, 0.717) is 11.5 Å². The molecular formula is C25H32O2S. The normalized spacial score (nSPS) is 17.9. The van der Waals surface area contributed by atoms with E-state index in [1.807, 2.05) is 19.1 Å². The predicted molar refractivity (Wildman–Crippen MR) is 120 cm³/mol. The lowest BCUT2D eigenvalue weighted by Gasteiger charge is -2.42. The highest BCUT2D eigenvalue weighted by Gasteiger charge is 2.37. The van der Waals surface area contributed by atoms with E-state index in [1.165, 1.54) is 52.0 Å². The van der Waals surface area contributed by atoms with Crippen LogP contribution in [0, 0.1) is 6.92 Å². The molecule has 0 radical (unpaired) electrons. The van der Waals surface area contributed by atoms with Crippen LogP contribution >= 0.6 is 11.3 Å². The Hall–Kier alpha value is -1.87. The average molecular weight is 397 g/mol. The first-order valence-corrected chi connectivity index (χ1v) is 11.0. The topological polar surface area (TPSA) is 26.3 Å². The zero-order valence-corrected chi connectivity index (χ0v) is 19.0. The van der Waals surface area contributed by atoms with Gasteiger partial charge in [0.25, 0.3) is 0 Å². The summed E-state index contributed by atoms with van der Waals surface area (Å²) < 4.78 is 5.11. The molecule has 1 aliphatic carbocycles. The summed E-state index contributed by atoms with van der Waals surface area (Å²) in [6.07, 6.45) is 4.63. The highest BCUT2D eigenvalue weighted by molar-refractivity contribution is 7.14. The highest BCUT2D eigenvalue weighted by atomic mass is 32.1. The van der Waals surface area contributed by atoms with E-state index < -0.39 is 0 Å². The van der Waals surface area contributed by atoms with Gasteiger partial charge in [0.1, 0.15) is 4.88 Å². The van der Waals surface area contributed by atoms with Crippen molar-refractivity contribution in [3.8, 4) is 0 Å². The van der Waals surface area contributed by atoms with Gasteiger partial charge in [0, 0.05) is 4.88 Å². The Balaban J connectivity index is 2.00. The lowest BCUT2D eigenvalue weighted by Crippen LogP contribution is -2.34. The lowest BCUT2D eigenvalue weighted by molar-refractivity contribution is 0.0532. The molecule has 2 nitrogen and oxygen atoms in total. The van der Waals surface area contributed by atoms with Crippen LogP contribution in [0.3, 0.4) is 0 Å². The number of allylic oxidation sites excluding steroid dienone is 1. The molecule has 0 unspecified atom stereocenters. The monoisotopic (exact) mass is 396 g/mol. The van der Waals surface area contributed by atoms with Crippen molar-refractivity contribution >= 4 is 29.0 Å². The van der Waals surface area contributed by atoms with Crippen molar-refractivity contribution in [2.75, 3.05) is 6.61 Å². The van der Waals surface area contributed by atoms with Crippen LogP contribution in [0.1, 0.15) is 91.2 Å². The van der Waals surface area contributed by atoms with Crippen molar-refractivity contribution in [3.63, 3.8) is 0 Å². The van der Waals surface area contributed by atoms with Gasteiger partial charge in [-0.05, 0) is 90.5 Å². The van der Waals surface area contributed by atoms with Crippen LogP contribution in [-0.2, 0) is 15.6 Å². The molecule has 1 aromatic carbocycles. The molecule has 1 aliphatic rings. The van der Waals surface area contributed by atoms with Crippen LogP contribution < -0.4 is 0 Å². The van der Waals surface area contributed by atoms with Crippen molar-refractivity contribution in [2.24, 2.45) is 0 Å². The summed E-state index contributed by atoms with van der Waals surface area (Å²) in [5.74, 6) is -0.237. The molecule has 28 heavy (non-hydrogen) atoms. The number of ether oxygens (including phenoxy) is 1. The number of carbonyl (C=O) groups excluding carboxylic acids is 1. The third kappa shape index (κ3) is 3.96. The molecule has 0 fully saturated rings. The highest BCUT2D eigenvalue weighted by Crippen LogP contribution is 2.47. The van der Waals surface area contributed by atoms with Crippen molar-refractivity contribution in [1.82, 2.24) is 0 Å². The first kappa shape index (κ1) is 20.9. The Kier molecular flexibility index (Phi) is 5.60. The smallest absolute Gasteiger partial charge is 0.348 e. The number of thiophene rings is 1. The number of esters is 1. The number of fused-ring (bicyclic) bond motifs is 1. The molecule has 0 spiro atoms. The minimum absolute atomic E-state index is 0.202. The number of hydrogen-bond donors (Lipinski definition) is 0. The fourth-order valence-electron chi connectivity index (χ4n) is 4.18. The van der Waals surface area contributed by atoms with Crippen molar-refractivity contribution in [2.45, 2.75) is 72.1 Å². The third-order valence-corrected chi connectivity index (χ3v) is 7.10. The summed E-state index contributed by atoms with van der Waals surface area (Å²) in [6, 6.07) is 8.67. The number of aryl methyl sites for hydroxylation is 1. The van der Waals surface area contributed by atoms with Gasteiger partial charge in [-0.3, -0.25) is 0 Å². The van der Waals surface area contributed by atoms with Crippen LogP contribution in [-0.4, -0.2) is 12.6 Å². The van der Waals surface area contributed by atoms with Crippen molar-refractivity contribution < 1.29 is 9.53 Å². The Labute approximate surface area is 173 Å². The van der Waals surface area contributed by atoms with E-state index in [9.17, 15) is 4.79 Å².